The molecule has 0 bridgehead atoms. The Labute approximate surface area is 123 Å². The number of carbonyl (C=O) groups is 3. The topological polar surface area (TPSA) is 63.7 Å². The molecule has 2 rings (SSSR count). The zero-order valence-corrected chi connectivity index (χ0v) is 12.5. The molecule has 1 aliphatic heterocycles. The first-order valence-electron chi connectivity index (χ1n) is 7.16. The van der Waals surface area contributed by atoms with Gasteiger partial charge in [-0.2, -0.15) is 0 Å². The molecule has 0 saturated heterocycles. The molecule has 0 spiro atoms. The fraction of sp³-hybridized carbons (Fsp3) is 0.438. The molecule has 0 unspecified atom stereocenters. The molecular formula is C16H19NO4. The van der Waals surface area contributed by atoms with Crippen LogP contribution in [0.25, 0.3) is 0 Å². The minimum Gasteiger partial charge on any atom is -0.464 e. The molecule has 2 amide bonds. The Balaban J connectivity index is 2.41. The molecule has 0 aromatic heterocycles. The first-order valence-corrected chi connectivity index (χ1v) is 7.16. The lowest BCUT2D eigenvalue weighted by Gasteiger charge is -2.28. The maximum absolute atomic E-state index is 12.5. The minimum atomic E-state index is -0.873. The van der Waals surface area contributed by atoms with Gasteiger partial charge in [0.2, 0.25) is 0 Å². The summed E-state index contributed by atoms with van der Waals surface area (Å²) in [6.07, 6.45) is 0.664. The SMILES string of the molecule is CCOC(=O)[C@H]([C@@H](C)CC)N1C(=O)c2ccccc2C1=O. The van der Waals surface area contributed by atoms with Crippen molar-refractivity contribution in [2.24, 2.45) is 5.92 Å². The maximum atomic E-state index is 12.5. The standard InChI is InChI=1S/C16H19NO4/c1-4-10(3)13(16(20)21-5-2)17-14(18)11-8-6-7-9-12(11)15(17)19/h6-10,13H,4-5H2,1-3H3/t10-,13-/m0/s1. The van der Waals surface area contributed by atoms with Crippen molar-refractivity contribution >= 4 is 17.8 Å². The lowest BCUT2D eigenvalue weighted by Crippen LogP contribution is -2.49. The van der Waals surface area contributed by atoms with Crippen molar-refractivity contribution in [2.75, 3.05) is 6.61 Å². The molecule has 0 aliphatic carbocycles. The predicted molar refractivity (Wildman–Crippen MR) is 76.8 cm³/mol. The zero-order chi connectivity index (χ0) is 15.6. The molecule has 1 aliphatic rings. The molecule has 0 radical (unpaired) electrons. The van der Waals surface area contributed by atoms with Crippen LogP contribution < -0.4 is 0 Å². The van der Waals surface area contributed by atoms with Crippen molar-refractivity contribution in [3.05, 3.63) is 35.4 Å². The molecule has 1 aromatic rings. The molecule has 5 nitrogen and oxygen atoms in total. The summed E-state index contributed by atoms with van der Waals surface area (Å²) < 4.78 is 5.05. The molecule has 2 atom stereocenters. The van der Waals surface area contributed by atoms with E-state index < -0.39 is 23.8 Å². The van der Waals surface area contributed by atoms with Crippen LogP contribution in [-0.2, 0) is 9.53 Å². The smallest absolute Gasteiger partial charge is 0.329 e. The monoisotopic (exact) mass is 289 g/mol. The second kappa shape index (κ2) is 6.08. The third-order valence-electron chi connectivity index (χ3n) is 3.81. The van der Waals surface area contributed by atoms with Crippen molar-refractivity contribution < 1.29 is 19.1 Å². The van der Waals surface area contributed by atoms with Gasteiger partial charge in [0.15, 0.2) is 0 Å². The zero-order valence-electron chi connectivity index (χ0n) is 12.5. The first kappa shape index (κ1) is 15.2. The third kappa shape index (κ3) is 2.55. The van der Waals surface area contributed by atoms with E-state index in [4.69, 9.17) is 4.74 Å². The summed E-state index contributed by atoms with van der Waals surface area (Å²) in [4.78, 5) is 38.2. The molecule has 0 saturated carbocycles. The number of esters is 1. The minimum absolute atomic E-state index is 0.161. The molecule has 1 heterocycles. The number of hydrogen-bond acceptors (Lipinski definition) is 4. The van der Waals surface area contributed by atoms with E-state index in [1.165, 1.54) is 0 Å². The summed E-state index contributed by atoms with van der Waals surface area (Å²) in [5.41, 5.74) is 0.695. The maximum Gasteiger partial charge on any atom is 0.329 e. The Bertz CT molecular complexity index is 546. The van der Waals surface area contributed by atoms with E-state index in [0.717, 1.165) is 4.90 Å². The molecule has 5 heteroatoms. The van der Waals surface area contributed by atoms with Crippen LogP contribution in [0.2, 0.25) is 0 Å². The number of fused-ring (bicyclic) bond motifs is 1. The lowest BCUT2D eigenvalue weighted by atomic mass is 9.97. The number of ether oxygens (including phenoxy) is 1. The molecule has 0 N–H and O–H groups in total. The van der Waals surface area contributed by atoms with Crippen LogP contribution in [0.15, 0.2) is 24.3 Å². The van der Waals surface area contributed by atoms with Crippen LogP contribution in [0, 0.1) is 5.92 Å². The second-order valence-corrected chi connectivity index (χ2v) is 5.11. The van der Waals surface area contributed by atoms with Crippen molar-refractivity contribution in [3.8, 4) is 0 Å². The van der Waals surface area contributed by atoms with Gasteiger partial charge in [0, 0.05) is 0 Å². The van der Waals surface area contributed by atoms with Gasteiger partial charge in [-0.05, 0) is 25.0 Å². The molecule has 112 valence electrons. The van der Waals surface area contributed by atoms with Gasteiger partial charge in [-0.1, -0.05) is 32.4 Å². The third-order valence-corrected chi connectivity index (χ3v) is 3.81. The van der Waals surface area contributed by atoms with E-state index in [1.54, 1.807) is 31.2 Å². The van der Waals surface area contributed by atoms with Crippen LogP contribution in [0.1, 0.15) is 47.9 Å². The average Bonchev–Trinajstić information content (AvgIpc) is 2.73. The van der Waals surface area contributed by atoms with Crippen LogP contribution in [-0.4, -0.2) is 35.3 Å². The van der Waals surface area contributed by atoms with Crippen LogP contribution in [0.3, 0.4) is 0 Å². The quantitative estimate of drug-likeness (QED) is 0.616. The number of imide groups is 1. The number of carbonyl (C=O) groups excluding carboxylic acids is 3. The van der Waals surface area contributed by atoms with Gasteiger partial charge in [0.05, 0.1) is 17.7 Å². The van der Waals surface area contributed by atoms with E-state index in [-0.39, 0.29) is 12.5 Å². The highest BCUT2D eigenvalue weighted by Gasteiger charge is 2.45. The summed E-state index contributed by atoms with van der Waals surface area (Å²) in [5, 5.41) is 0. The first-order chi connectivity index (χ1) is 10.0. The van der Waals surface area contributed by atoms with E-state index in [9.17, 15) is 14.4 Å². The Hall–Kier alpha value is -2.17. The number of amides is 2. The molecule has 1 aromatic carbocycles. The van der Waals surface area contributed by atoms with Gasteiger partial charge in [-0.15, -0.1) is 0 Å². The highest BCUT2D eigenvalue weighted by molar-refractivity contribution is 6.22. The number of rotatable bonds is 5. The fourth-order valence-corrected chi connectivity index (χ4v) is 2.50. The van der Waals surface area contributed by atoms with Crippen LogP contribution in [0.4, 0.5) is 0 Å². The van der Waals surface area contributed by atoms with E-state index in [2.05, 4.69) is 0 Å². The fourth-order valence-electron chi connectivity index (χ4n) is 2.50. The summed E-state index contributed by atoms with van der Waals surface area (Å²) in [7, 11) is 0. The highest BCUT2D eigenvalue weighted by Crippen LogP contribution is 2.28. The highest BCUT2D eigenvalue weighted by atomic mass is 16.5. The second-order valence-electron chi connectivity index (χ2n) is 5.11. The van der Waals surface area contributed by atoms with Crippen LogP contribution >= 0.6 is 0 Å². The Morgan fingerprint density at radius 3 is 2.10 bits per heavy atom. The van der Waals surface area contributed by atoms with Crippen molar-refractivity contribution in [2.45, 2.75) is 33.2 Å². The van der Waals surface area contributed by atoms with Crippen molar-refractivity contribution in [3.63, 3.8) is 0 Å². The summed E-state index contributed by atoms with van der Waals surface area (Å²) in [5.74, 6) is -1.53. The number of nitrogens with zero attached hydrogens (tertiary/aromatic N) is 1. The van der Waals surface area contributed by atoms with Gasteiger partial charge >= 0.3 is 5.97 Å². The van der Waals surface area contributed by atoms with Gasteiger partial charge in [0.1, 0.15) is 6.04 Å². The van der Waals surface area contributed by atoms with Crippen LogP contribution in [0.5, 0.6) is 0 Å². The van der Waals surface area contributed by atoms with Crippen molar-refractivity contribution in [1.82, 2.24) is 4.90 Å². The Morgan fingerprint density at radius 2 is 1.67 bits per heavy atom. The Morgan fingerprint density at radius 1 is 1.14 bits per heavy atom. The number of hydrogen-bond donors (Lipinski definition) is 0. The summed E-state index contributed by atoms with van der Waals surface area (Å²) in [6, 6.07) is 5.75. The molecular weight excluding hydrogens is 270 g/mol. The van der Waals surface area contributed by atoms with Gasteiger partial charge < -0.3 is 4.74 Å². The van der Waals surface area contributed by atoms with E-state index >= 15 is 0 Å². The molecule has 21 heavy (non-hydrogen) atoms. The normalized spacial score (nSPS) is 16.6. The number of benzene rings is 1. The summed E-state index contributed by atoms with van der Waals surface area (Å²) in [6.45, 7) is 5.67. The van der Waals surface area contributed by atoms with Gasteiger partial charge in [-0.3, -0.25) is 14.5 Å². The lowest BCUT2D eigenvalue weighted by molar-refractivity contribution is -0.149. The van der Waals surface area contributed by atoms with Gasteiger partial charge in [-0.25, -0.2) is 4.79 Å². The molecule has 0 fully saturated rings. The average molecular weight is 289 g/mol. The van der Waals surface area contributed by atoms with E-state index in [1.807, 2.05) is 13.8 Å². The van der Waals surface area contributed by atoms with Crippen molar-refractivity contribution in [1.29, 1.82) is 0 Å². The predicted octanol–water partition coefficient (Wildman–Crippen LogP) is 2.26. The van der Waals surface area contributed by atoms with Gasteiger partial charge in [0.25, 0.3) is 11.8 Å². The summed E-state index contributed by atoms with van der Waals surface area (Å²) >= 11 is 0. The largest absolute Gasteiger partial charge is 0.464 e. The Kier molecular flexibility index (Phi) is 4.40. The van der Waals surface area contributed by atoms with E-state index in [0.29, 0.717) is 17.5 Å².